The second kappa shape index (κ2) is 6.31. The summed E-state index contributed by atoms with van der Waals surface area (Å²) in [7, 11) is 0. The molecule has 0 radical (unpaired) electrons. The molecule has 0 aliphatic heterocycles. The van der Waals surface area contributed by atoms with Crippen LogP contribution in [0.4, 0.5) is 0 Å². The molecule has 3 heteroatoms. The lowest BCUT2D eigenvalue weighted by Gasteiger charge is -2.12. The second-order valence-electron chi connectivity index (χ2n) is 5.53. The summed E-state index contributed by atoms with van der Waals surface area (Å²) in [6.45, 7) is 8.48. The van der Waals surface area contributed by atoms with E-state index in [0.717, 1.165) is 23.5 Å². The minimum atomic E-state index is 0.343. The number of nitrogens with one attached hydrogen (secondary N) is 1. The number of benzene rings is 1. The van der Waals surface area contributed by atoms with Crippen LogP contribution in [0.15, 0.2) is 24.3 Å². The number of hydrogen-bond donors (Lipinski definition) is 1. The number of aromatic nitrogens is 2. The fourth-order valence-electron chi connectivity index (χ4n) is 2.24. The molecule has 2 aromatic rings. The minimum Gasteiger partial charge on any atom is -0.343 e. The highest BCUT2D eigenvalue weighted by Gasteiger charge is 2.09. The second-order valence-corrected chi connectivity index (χ2v) is 5.92. The van der Waals surface area contributed by atoms with Gasteiger partial charge in [-0.3, -0.25) is 0 Å². The Bertz CT molecular complexity index is 639. The molecule has 20 heavy (non-hydrogen) atoms. The van der Waals surface area contributed by atoms with Crippen LogP contribution >= 0.6 is 12.2 Å². The van der Waals surface area contributed by atoms with E-state index in [9.17, 15) is 0 Å². The lowest BCUT2D eigenvalue weighted by Crippen LogP contribution is -2.02. The van der Waals surface area contributed by atoms with Crippen molar-refractivity contribution in [3.63, 3.8) is 0 Å². The Morgan fingerprint density at radius 1 is 1.20 bits per heavy atom. The summed E-state index contributed by atoms with van der Waals surface area (Å²) in [6.07, 6.45) is 2.30. The SMILES string of the molecule is CCCc1ccc(-c2[nH]c(C(C)C)nc(=S)c2C)cc1. The minimum absolute atomic E-state index is 0.343. The molecular formula is C17H22N2S. The first-order valence-corrected chi connectivity index (χ1v) is 7.63. The van der Waals surface area contributed by atoms with Crippen LogP contribution in [0.5, 0.6) is 0 Å². The molecule has 0 bridgehead atoms. The van der Waals surface area contributed by atoms with Gasteiger partial charge in [0.25, 0.3) is 0 Å². The van der Waals surface area contributed by atoms with Gasteiger partial charge in [0.2, 0.25) is 0 Å². The molecule has 0 fully saturated rings. The van der Waals surface area contributed by atoms with Crippen molar-refractivity contribution in [1.82, 2.24) is 9.97 Å². The molecule has 0 amide bonds. The fraction of sp³-hybridized carbons (Fsp3) is 0.412. The van der Waals surface area contributed by atoms with Gasteiger partial charge >= 0.3 is 0 Å². The van der Waals surface area contributed by atoms with Gasteiger partial charge in [-0.05, 0) is 24.5 Å². The Hall–Kier alpha value is -1.48. The molecular weight excluding hydrogens is 264 g/mol. The zero-order valence-corrected chi connectivity index (χ0v) is 13.5. The van der Waals surface area contributed by atoms with E-state index in [1.165, 1.54) is 17.5 Å². The molecule has 0 aliphatic rings. The Labute approximate surface area is 126 Å². The maximum Gasteiger partial charge on any atom is 0.133 e. The van der Waals surface area contributed by atoms with E-state index in [-0.39, 0.29) is 0 Å². The lowest BCUT2D eigenvalue weighted by molar-refractivity contribution is 0.770. The zero-order valence-electron chi connectivity index (χ0n) is 12.7. The summed E-state index contributed by atoms with van der Waals surface area (Å²) in [5.41, 5.74) is 4.70. The van der Waals surface area contributed by atoms with E-state index >= 15 is 0 Å². The predicted octanol–water partition coefficient (Wildman–Crippen LogP) is 5.19. The number of rotatable bonds is 4. The number of aromatic amines is 1. The quantitative estimate of drug-likeness (QED) is 0.783. The van der Waals surface area contributed by atoms with Crippen molar-refractivity contribution < 1.29 is 0 Å². The summed E-state index contributed by atoms with van der Waals surface area (Å²) in [6, 6.07) is 8.74. The fourth-order valence-corrected chi connectivity index (χ4v) is 2.44. The van der Waals surface area contributed by atoms with Gasteiger partial charge in [0.05, 0.1) is 5.69 Å². The first kappa shape index (κ1) is 14.9. The van der Waals surface area contributed by atoms with E-state index < -0.39 is 0 Å². The molecule has 2 rings (SSSR count). The van der Waals surface area contributed by atoms with Crippen molar-refractivity contribution in [3.8, 4) is 11.3 Å². The number of H-pyrrole nitrogens is 1. The van der Waals surface area contributed by atoms with Gasteiger partial charge < -0.3 is 4.98 Å². The summed E-state index contributed by atoms with van der Waals surface area (Å²) >= 11 is 5.38. The van der Waals surface area contributed by atoms with E-state index in [0.29, 0.717) is 10.6 Å². The Morgan fingerprint density at radius 3 is 2.40 bits per heavy atom. The molecule has 1 aromatic carbocycles. The van der Waals surface area contributed by atoms with Crippen LogP contribution in [0.1, 0.15) is 50.1 Å². The number of hydrogen-bond acceptors (Lipinski definition) is 2. The highest BCUT2D eigenvalue weighted by atomic mass is 32.1. The van der Waals surface area contributed by atoms with Crippen molar-refractivity contribution in [2.75, 3.05) is 0 Å². The third-order valence-electron chi connectivity index (χ3n) is 3.50. The smallest absolute Gasteiger partial charge is 0.133 e. The lowest BCUT2D eigenvalue weighted by atomic mass is 10.0. The molecule has 0 atom stereocenters. The molecule has 0 saturated carbocycles. The molecule has 1 aromatic heterocycles. The maximum atomic E-state index is 5.38. The van der Waals surface area contributed by atoms with Gasteiger partial charge in [-0.2, -0.15) is 0 Å². The van der Waals surface area contributed by atoms with Crippen LogP contribution in [-0.4, -0.2) is 9.97 Å². The molecule has 1 N–H and O–H groups in total. The molecule has 0 spiro atoms. The third-order valence-corrected chi connectivity index (χ3v) is 3.90. The molecule has 2 nitrogen and oxygen atoms in total. The third kappa shape index (κ3) is 3.15. The average Bonchev–Trinajstić information content (AvgIpc) is 2.43. The van der Waals surface area contributed by atoms with E-state index in [2.05, 4.69) is 55.0 Å². The number of aryl methyl sites for hydroxylation is 1. The van der Waals surface area contributed by atoms with Crippen molar-refractivity contribution in [1.29, 1.82) is 0 Å². The standard InChI is InChI=1S/C17H22N2S/c1-5-6-13-7-9-14(10-8-13)15-12(4)17(20)19-16(18-15)11(2)3/h7-11H,5-6H2,1-4H3,(H,18,19,20). The topological polar surface area (TPSA) is 28.7 Å². The molecule has 0 saturated heterocycles. The Balaban J connectivity index is 2.48. The van der Waals surface area contributed by atoms with Crippen molar-refractivity contribution >= 4 is 12.2 Å². The summed E-state index contributed by atoms with van der Waals surface area (Å²) < 4.78 is 0.695. The van der Waals surface area contributed by atoms with Crippen LogP contribution in [0, 0.1) is 11.6 Å². The highest BCUT2D eigenvalue weighted by Crippen LogP contribution is 2.24. The van der Waals surface area contributed by atoms with Crippen LogP contribution in [0.3, 0.4) is 0 Å². The first-order valence-electron chi connectivity index (χ1n) is 7.23. The summed E-state index contributed by atoms with van der Waals surface area (Å²) in [5, 5.41) is 0. The van der Waals surface area contributed by atoms with Gasteiger partial charge in [0.15, 0.2) is 0 Å². The van der Waals surface area contributed by atoms with Crippen molar-refractivity contribution in [3.05, 3.63) is 45.9 Å². The van der Waals surface area contributed by atoms with Crippen LogP contribution < -0.4 is 0 Å². The van der Waals surface area contributed by atoms with Crippen molar-refractivity contribution in [2.45, 2.75) is 46.5 Å². The van der Waals surface area contributed by atoms with Gasteiger partial charge in [0, 0.05) is 11.5 Å². The monoisotopic (exact) mass is 286 g/mol. The normalized spacial score (nSPS) is 11.1. The van der Waals surface area contributed by atoms with Gasteiger partial charge in [-0.25, -0.2) is 4.98 Å². The molecule has 0 aliphatic carbocycles. The summed E-state index contributed by atoms with van der Waals surface area (Å²) in [5.74, 6) is 1.30. The zero-order chi connectivity index (χ0) is 14.7. The van der Waals surface area contributed by atoms with Gasteiger partial charge in [-0.15, -0.1) is 0 Å². The molecule has 106 valence electrons. The van der Waals surface area contributed by atoms with E-state index in [4.69, 9.17) is 12.2 Å². The van der Waals surface area contributed by atoms with Gasteiger partial charge in [-0.1, -0.05) is 63.7 Å². The largest absolute Gasteiger partial charge is 0.343 e. The maximum absolute atomic E-state index is 5.38. The first-order chi connectivity index (χ1) is 9.52. The van der Waals surface area contributed by atoms with Gasteiger partial charge in [0.1, 0.15) is 10.5 Å². The Kier molecular flexibility index (Phi) is 4.71. The Morgan fingerprint density at radius 2 is 1.85 bits per heavy atom. The average molecular weight is 286 g/mol. The van der Waals surface area contributed by atoms with E-state index in [1.807, 2.05) is 6.92 Å². The summed E-state index contributed by atoms with van der Waals surface area (Å²) in [4.78, 5) is 7.91. The van der Waals surface area contributed by atoms with E-state index in [1.54, 1.807) is 0 Å². The molecule has 0 unspecified atom stereocenters. The highest BCUT2D eigenvalue weighted by molar-refractivity contribution is 7.71. The van der Waals surface area contributed by atoms with Crippen LogP contribution in [-0.2, 0) is 6.42 Å². The van der Waals surface area contributed by atoms with Crippen LogP contribution in [0.25, 0.3) is 11.3 Å². The van der Waals surface area contributed by atoms with Crippen molar-refractivity contribution in [2.24, 2.45) is 0 Å². The number of nitrogens with zero attached hydrogens (tertiary/aromatic N) is 1. The molecule has 1 heterocycles. The predicted molar refractivity (Wildman–Crippen MR) is 87.7 cm³/mol. The van der Waals surface area contributed by atoms with Crippen LogP contribution in [0.2, 0.25) is 0 Å².